The van der Waals surface area contributed by atoms with Gasteiger partial charge in [0, 0.05) is 6.54 Å². The maximum Gasteiger partial charge on any atom is 0.273 e. The molecule has 1 atom stereocenters. The Morgan fingerprint density at radius 3 is 2.89 bits per heavy atom. The van der Waals surface area contributed by atoms with E-state index in [-0.39, 0.29) is 17.6 Å². The molecule has 1 amide bonds. The molecule has 96 valence electrons. The van der Waals surface area contributed by atoms with E-state index >= 15 is 0 Å². The van der Waals surface area contributed by atoms with Crippen molar-refractivity contribution in [3.8, 4) is 0 Å². The smallest absolute Gasteiger partial charge is 0.273 e. The first-order valence-electron chi connectivity index (χ1n) is 5.81. The van der Waals surface area contributed by atoms with E-state index in [1.807, 2.05) is 0 Å². The highest BCUT2D eigenvalue weighted by Gasteiger charge is 2.29. The number of hydrogen-bond acceptors (Lipinski definition) is 3. The maximum atomic E-state index is 12.8. The molecule has 1 aromatic heterocycles. The van der Waals surface area contributed by atoms with Crippen LogP contribution in [0.2, 0.25) is 0 Å². The fourth-order valence-corrected chi connectivity index (χ4v) is 2.36. The molecule has 1 aromatic rings. The highest BCUT2D eigenvalue weighted by Crippen LogP contribution is 2.19. The quantitative estimate of drug-likeness (QED) is 0.825. The molecule has 1 saturated heterocycles. The molecule has 1 fully saturated rings. The molecule has 0 spiro atoms. The second-order valence-electron chi connectivity index (χ2n) is 4.27. The first-order chi connectivity index (χ1) is 8.59. The van der Waals surface area contributed by atoms with Crippen molar-refractivity contribution in [1.29, 1.82) is 0 Å². The van der Waals surface area contributed by atoms with E-state index in [0.29, 0.717) is 11.5 Å². The van der Waals surface area contributed by atoms with Gasteiger partial charge in [-0.15, -0.1) is 0 Å². The summed E-state index contributed by atoms with van der Waals surface area (Å²) in [5, 5.41) is 0. The van der Waals surface area contributed by atoms with Crippen LogP contribution in [0.5, 0.6) is 0 Å². The highest BCUT2D eigenvalue weighted by atomic mass is 32.1. The number of carbonyl (C=O) groups is 1. The normalized spacial score (nSPS) is 19.6. The monoisotopic (exact) mass is 267 g/mol. The van der Waals surface area contributed by atoms with Crippen LogP contribution in [0.15, 0.2) is 18.3 Å². The summed E-state index contributed by atoms with van der Waals surface area (Å²) >= 11 is 4.99. The van der Waals surface area contributed by atoms with Gasteiger partial charge in [-0.05, 0) is 31.4 Å². The average molecular weight is 267 g/mol. The largest absolute Gasteiger partial charge is 0.392 e. The van der Waals surface area contributed by atoms with Gasteiger partial charge < -0.3 is 10.6 Å². The van der Waals surface area contributed by atoms with Crippen LogP contribution in [-0.4, -0.2) is 33.4 Å². The van der Waals surface area contributed by atoms with E-state index in [9.17, 15) is 9.18 Å². The minimum absolute atomic E-state index is 0.215. The minimum Gasteiger partial charge on any atom is -0.392 e. The molecule has 1 aliphatic heterocycles. The summed E-state index contributed by atoms with van der Waals surface area (Å²) in [4.78, 5) is 18.0. The maximum absolute atomic E-state index is 12.8. The summed E-state index contributed by atoms with van der Waals surface area (Å²) < 4.78 is 12.8. The number of hydrogen-bond donors (Lipinski definition) is 1. The van der Waals surface area contributed by atoms with Crippen molar-refractivity contribution in [2.45, 2.75) is 25.3 Å². The van der Waals surface area contributed by atoms with Gasteiger partial charge in [0.05, 0.1) is 17.2 Å². The van der Waals surface area contributed by atoms with E-state index in [1.165, 1.54) is 12.1 Å². The Morgan fingerprint density at radius 2 is 2.28 bits per heavy atom. The summed E-state index contributed by atoms with van der Waals surface area (Å²) in [6.07, 6.45) is 3.74. The van der Waals surface area contributed by atoms with E-state index in [0.717, 1.165) is 25.5 Å². The van der Waals surface area contributed by atoms with Gasteiger partial charge in [-0.2, -0.15) is 0 Å². The molecular formula is C12H14FN3OS. The van der Waals surface area contributed by atoms with Crippen molar-refractivity contribution in [1.82, 2.24) is 9.88 Å². The topological polar surface area (TPSA) is 59.2 Å². The number of thiocarbonyl (C=S) groups is 1. The molecular weight excluding hydrogens is 253 g/mol. The van der Waals surface area contributed by atoms with Crippen molar-refractivity contribution in [3.05, 3.63) is 29.8 Å². The Kier molecular flexibility index (Phi) is 3.86. The minimum atomic E-state index is -0.462. The van der Waals surface area contributed by atoms with Crippen molar-refractivity contribution < 1.29 is 9.18 Å². The zero-order chi connectivity index (χ0) is 13.1. The summed E-state index contributed by atoms with van der Waals surface area (Å²) in [6, 6.07) is 2.39. The van der Waals surface area contributed by atoms with Gasteiger partial charge in [0.1, 0.15) is 11.5 Å². The summed E-state index contributed by atoms with van der Waals surface area (Å²) in [6.45, 7) is 0.611. The molecule has 18 heavy (non-hydrogen) atoms. The Morgan fingerprint density at radius 1 is 1.50 bits per heavy atom. The van der Waals surface area contributed by atoms with Crippen LogP contribution < -0.4 is 5.73 Å². The van der Waals surface area contributed by atoms with Gasteiger partial charge in [0.2, 0.25) is 0 Å². The number of aromatic nitrogens is 1. The number of nitrogens with two attached hydrogens (primary N) is 1. The lowest BCUT2D eigenvalue weighted by molar-refractivity contribution is 0.0675. The van der Waals surface area contributed by atoms with Crippen LogP contribution in [-0.2, 0) is 0 Å². The van der Waals surface area contributed by atoms with Crippen molar-refractivity contribution >= 4 is 23.1 Å². The van der Waals surface area contributed by atoms with Crippen LogP contribution in [0.4, 0.5) is 4.39 Å². The van der Waals surface area contributed by atoms with Gasteiger partial charge in [-0.1, -0.05) is 12.2 Å². The number of halogens is 1. The number of nitrogens with zero attached hydrogens (tertiary/aromatic N) is 2. The molecule has 0 aliphatic carbocycles. The Bertz CT molecular complexity index is 463. The molecule has 0 aromatic carbocycles. The summed E-state index contributed by atoms with van der Waals surface area (Å²) in [5.74, 6) is -0.705. The number of piperidine rings is 1. The molecule has 1 aliphatic rings. The van der Waals surface area contributed by atoms with E-state index in [1.54, 1.807) is 4.90 Å². The molecule has 4 nitrogen and oxygen atoms in total. The van der Waals surface area contributed by atoms with E-state index < -0.39 is 5.82 Å². The molecule has 2 rings (SSSR count). The van der Waals surface area contributed by atoms with Gasteiger partial charge in [0.25, 0.3) is 5.91 Å². The van der Waals surface area contributed by atoms with Crippen molar-refractivity contribution in [3.63, 3.8) is 0 Å². The fraction of sp³-hybridized carbons (Fsp3) is 0.417. The molecule has 0 bridgehead atoms. The predicted octanol–water partition coefficient (Wildman–Crippen LogP) is 1.50. The number of likely N-dealkylation sites (tertiary alicyclic amines) is 1. The molecule has 0 radical (unpaired) electrons. The second kappa shape index (κ2) is 5.39. The highest BCUT2D eigenvalue weighted by molar-refractivity contribution is 7.80. The van der Waals surface area contributed by atoms with Gasteiger partial charge in [-0.3, -0.25) is 4.79 Å². The number of amides is 1. The molecule has 0 saturated carbocycles. The van der Waals surface area contributed by atoms with Crippen molar-refractivity contribution in [2.75, 3.05) is 6.54 Å². The van der Waals surface area contributed by atoms with Gasteiger partial charge >= 0.3 is 0 Å². The lowest BCUT2D eigenvalue weighted by Crippen LogP contribution is -2.50. The zero-order valence-electron chi connectivity index (χ0n) is 9.80. The third-order valence-electron chi connectivity index (χ3n) is 3.04. The standard InChI is InChI=1S/C12H14FN3OS/c13-8-4-5-9(15-7-8)12(17)16-6-2-1-3-10(16)11(14)18/h4-5,7,10H,1-3,6H2,(H2,14,18). The number of rotatable bonds is 2. The van der Waals surface area contributed by atoms with Gasteiger partial charge in [-0.25, -0.2) is 9.37 Å². The first-order valence-corrected chi connectivity index (χ1v) is 6.22. The van der Waals surface area contributed by atoms with E-state index in [2.05, 4.69) is 4.98 Å². The second-order valence-corrected chi connectivity index (χ2v) is 4.75. The average Bonchev–Trinajstić information content (AvgIpc) is 2.39. The molecule has 2 N–H and O–H groups in total. The molecule has 1 unspecified atom stereocenters. The lowest BCUT2D eigenvalue weighted by atomic mass is 10.0. The molecule has 2 heterocycles. The van der Waals surface area contributed by atoms with Gasteiger partial charge in [0.15, 0.2) is 0 Å². The predicted molar refractivity (Wildman–Crippen MR) is 69.7 cm³/mol. The third kappa shape index (κ3) is 2.64. The van der Waals surface area contributed by atoms with Crippen LogP contribution in [0.25, 0.3) is 0 Å². The fourth-order valence-electron chi connectivity index (χ4n) is 2.12. The number of pyridine rings is 1. The Hall–Kier alpha value is -1.56. The summed E-state index contributed by atoms with van der Waals surface area (Å²) in [7, 11) is 0. The van der Waals surface area contributed by atoms with Crippen LogP contribution in [0.3, 0.4) is 0 Å². The van der Waals surface area contributed by atoms with Crippen molar-refractivity contribution in [2.24, 2.45) is 5.73 Å². The zero-order valence-corrected chi connectivity index (χ0v) is 10.6. The summed E-state index contributed by atoms with van der Waals surface area (Å²) in [5.41, 5.74) is 5.88. The SMILES string of the molecule is NC(=S)C1CCCCN1C(=O)c1ccc(F)cn1. The van der Waals surface area contributed by atoms with Crippen LogP contribution >= 0.6 is 12.2 Å². The van der Waals surface area contributed by atoms with Crippen LogP contribution in [0.1, 0.15) is 29.8 Å². The first kappa shape index (κ1) is 12.9. The van der Waals surface area contributed by atoms with E-state index in [4.69, 9.17) is 18.0 Å². The Labute approximate surface area is 110 Å². The third-order valence-corrected chi connectivity index (χ3v) is 3.31. The molecule has 6 heteroatoms. The van der Waals surface area contributed by atoms with Crippen LogP contribution in [0, 0.1) is 5.82 Å². The Balaban J connectivity index is 2.20. The lowest BCUT2D eigenvalue weighted by Gasteiger charge is -2.34. The number of carbonyl (C=O) groups excluding carboxylic acids is 1.